The van der Waals surface area contributed by atoms with Gasteiger partial charge in [-0.05, 0) is 30.7 Å². The second-order valence-electron chi connectivity index (χ2n) is 11.1. The minimum Gasteiger partial charge on any atom is -0.414 e. The van der Waals surface area contributed by atoms with E-state index in [-0.39, 0.29) is 16.4 Å². The molecule has 3 aromatic carbocycles. The van der Waals surface area contributed by atoms with Crippen molar-refractivity contribution < 1.29 is 9.42 Å². The van der Waals surface area contributed by atoms with Crippen molar-refractivity contribution in [1.82, 2.24) is 5.10 Å². The van der Waals surface area contributed by atoms with Gasteiger partial charge in [0.15, 0.2) is 0 Å². The summed E-state index contributed by atoms with van der Waals surface area (Å²) < 4.78 is 9.08. The summed E-state index contributed by atoms with van der Waals surface area (Å²) in [5.41, 5.74) is 5.63. The van der Waals surface area contributed by atoms with Gasteiger partial charge in [0.25, 0.3) is 11.3 Å². The second kappa shape index (κ2) is 6.94. The number of hydrogen-bond donors (Lipinski definition) is 1. The quantitative estimate of drug-likeness (QED) is 0.368. The highest BCUT2D eigenvalue weighted by Gasteiger charge is 2.70. The molecular weight excluding hydrogens is 432 g/mol. The van der Waals surface area contributed by atoms with E-state index in [0.29, 0.717) is 11.3 Å². The highest BCUT2D eigenvalue weighted by Crippen LogP contribution is 2.71. The summed E-state index contributed by atoms with van der Waals surface area (Å²) in [4.78, 5) is 13.3. The summed E-state index contributed by atoms with van der Waals surface area (Å²) in [6, 6.07) is 24.8. The lowest BCUT2D eigenvalue weighted by atomic mass is 9.81. The third-order valence-corrected chi connectivity index (χ3v) is 8.53. The summed E-state index contributed by atoms with van der Waals surface area (Å²) in [6.45, 7) is 13.3. The second-order valence-corrected chi connectivity index (χ2v) is 11.1. The van der Waals surface area contributed by atoms with Gasteiger partial charge in [-0.3, -0.25) is 4.79 Å². The zero-order valence-corrected chi connectivity index (χ0v) is 21.2. The molecule has 0 radical (unpaired) electrons. The van der Waals surface area contributed by atoms with Crippen LogP contribution in [0.3, 0.4) is 0 Å². The molecule has 2 aliphatic rings. The maximum atomic E-state index is 13.3. The number of allylic oxidation sites excluding steroid dienone is 1. The van der Waals surface area contributed by atoms with Crippen LogP contribution in [0.1, 0.15) is 49.9 Å². The molecule has 1 N–H and O–H groups in total. The molecule has 0 saturated heterocycles. The van der Waals surface area contributed by atoms with E-state index in [9.17, 15) is 4.79 Å². The molecule has 0 spiro atoms. The molecule has 4 nitrogen and oxygen atoms in total. The van der Waals surface area contributed by atoms with Gasteiger partial charge in [0.2, 0.25) is 0 Å². The van der Waals surface area contributed by atoms with Gasteiger partial charge in [0, 0.05) is 27.5 Å². The van der Waals surface area contributed by atoms with Crippen molar-refractivity contribution in [3.05, 3.63) is 111 Å². The van der Waals surface area contributed by atoms with E-state index >= 15 is 0 Å². The zero-order chi connectivity index (χ0) is 24.8. The average Bonchev–Trinajstić information content (AvgIpc) is 3.07. The summed E-state index contributed by atoms with van der Waals surface area (Å²) in [7, 11) is 0. The highest BCUT2D eigenvalue weighted by molar-refractivity contribution is 5.87. The molecule has 176 valence electrons. The van der Waals surface area contributed by atoms with E-state index in [4.69, 9.17) is 4.74 Å². The van der Waals surface area contributed by atoms with Crippen LogP contribution in [0.15, 0.2) is 83.2 Å². The number of hydrogen-bond acceptors (Lipinski definition) is 2. The molecule has 0 unspecified atom stereocenters. The Morgan fingerprint density at radius 2 is 1.20 bits per heavy atom. The number of ether oxygens (including phenoxy) is 1. The maximum Gasteiger partial charge on any atom is 0.407 e. The van der Waals surface area contributed by atoms with E-state index in [2.05, 4.69) is 95.2 Å². The molecule has 35 heavy (non-hydrogen) atoms. The van der Waals surface area contributed by atoms with Gasteiger partial charge in [0.05, 0.1) is 5.39 Å². The Kier molecular flexibility index (Phi) is 4.33. The molecule has 1 fully saturated rings. The van der Waals surface area contributed by atoms with Crippen LogP contribution < -0.4 is 15.0 Å². The molecule has 1 aliphatic heterocycles. The van der Waals surface area contributed by atoms with E-state index in [1.165, 1.54) is 16.7 Å². The lowest BCUT2D eigenvalue weighted by Gasteiger charge is -2.27. The summed E-state index contributed by atoms with van der Waals surface area (Å²) >= 11 is 0. The summed E-state index contributed by atoms with van der Waals surface area (Å²) in [6.07, 6.45) is 0. The van der Waals surface area contributed by atoms with E-state index in [1.54, 1.807) is 0 Å². The Morgan fingerprint density at radius 3 is 1.69 bits per heavy atom. The Labute approximate surface area is 205 Å². The Morgan fingerprint density at radius 1 is 0.714 bits per heavy atom. The van der Waals surface area contributed by atoms with Gasteiger partial charge in [-0.2, -0.15) is 0 Å². The monoisotopic (exact) mass is 463 g/mol. The number of aromatic amines is 1. The molecular formula is C31H31N2O2+. The van der Waals surface area contributed by atoms with Gasteiger partial charge >= 0.3 is 11.4 Å². The molecule has 2 heterocycles. The van der Waals surface area contributed by atoms with Crippen molar-refractivity contribution in [3.63, 3.8) is 0 Å². The number of nitrogens with zero attached hydrogens (tertiary/aromatic N) is 1. The van der Waals surface area contributed by atoms with E-state index in [1.807, 2.05) is 28.9 Å². The van der Waals surface area contributed by atoms with Crippen LogP contribution in [-0.2, 0) is 5.60 Å². The van der Waals surface area contributed by atoms with Gasteiger partial charge in [0.1, 0.15) is 5.39 Å². The number of benzene rings is 3. The SMILES string of the molecule is Cc1ccc(C2(c3ccc(C)cc3)Oc3c4ccccc4c(=O)[nH][n+]3C2=C2C(C)(C)C2(C)C)cc1. The first-order valence-electron chi connectivity index (χ1n) is 12.3. The molecule has 1 saturated carbocycles. The number of nitrogens with one attached hydrogen (secondary N) is 1. The van der Waals surface area contributed by atoms with Crippen LogP contribution in [0.4, 0.5) is 0 Å². The fourth-order valence-electron chi connectivity index (χ4n) is 5.86. The third kappa shape index (κ3) is 2.80. The minimum atomic E-state index is -0.901. The molecule has 1 aromatic heterocycles. The van der Waals surface area contributed by atoms with Crippen molar-refractivity contribution in [3.8, 4) is 5.88 Å². The topological polar surface area (TPSA) is 46.0 Å². The average molecular weight is 464 g/mol. The van der Waals surface area contributed by atoms with Crippen molar-refractivity contribution in [2.24, 2.45) is 10.8 Å². The first-order chi connectivity index (χ1) is 16.6. The molecule has 0 amide bonds. The Bertz CT molecular complexity index is 1520. The van der Waals surface area contributed by atoms with Crippen LogP contribution in [0, 0.1) is 24.7 Å². The van der Waals surface area contributed by atoms with Crippen LogP contribution in [0.25, 0.3) is 16.5 Å². The predicted octanol–water partition coefficient (Wildman–Crippen LogP) is 6.05. The molecule has 0 bridgehead atoms. The largest absolute Gasteiger partial charge is 0.414 e. The van der Waals surface area contributed by atoms with Crippen LogP contribution in [0.2, 0.25) is 0 Å². The third-order valence-electron chi connectivity index (χ3n) is 8.53. The first-order valence-corrected chi connectivity index (χ1v) is 12.3. The van der Waals surface area contributed by atoms with Gasteiger partial charge < -0.3 is 4.74 Å². The maximum absolute atomic E-state index is 13.3. The lowest BCUT2D eigenvalue weighted by Crippen LogP contribution is -2.44. The van der Waals surface area contributed by atoms with E-state index < -0.39 is 5.60 Å². The van der Waals surface area contributed by atoms with Crippen molar-refractivity contribution in [1.29, 1.82) is 0 Å². The minimum absolute atomic E-state index is 0.0521. The lowest BCUT2D eigenvalue weighted by molar-refractivity contribution is -0.639. The fourth-order valence-corrected chi connectivity index (χ4v) is 5.86. The van der Waals surface area contributed by atoms with Crippen LogP contribution >= 0.6 is 0 Å². The van der Waals surface area contributed by atoms with E-state index in [0.717, 1.165) is 22.2 Å². The number of fused-ring (bicyclic) bond motifs is 3. The van der Waals surface area contributed by atoms with Crippen molar-refractivity contribution >= 4 is 16.5 Å². The molecule has 4 aromatic rings. The predicted molar refractivity (Wildman–Crippen MR) is 139 cm³/mol. The van der Waals surface area contributed by atoms with Crippen molar-refractivity contribution in [2.75, 3.05) is 0 Å². The number of rotatable bonds is 2. The molecule has 0 atom stereocenters. The van der Waals surface area contributed by atoms with Crippen LogP contribution in [0.5, 0.6) is 5.88 Å². The summed E-state index contributed by atoms with van der Waals surface area (Å²) in [5.74, 6) is 0.669. The number of aryl methyl sites for hydroxylation is 2. The normalized spacial score (nSPS) is 18.9. The molecule has 4 heteroatoms. The van der Waals surface area contributed by atoms with Gasteiger partial charge in [-0.15, -0.1) is 5.10 Å². The molecule has 6 rings (SSSR count). The first kappa shape index (κ1) is 21.8. The highest BCUT2D eigenvalue weighted by atomic mass is 16.5. The van der Waals surface area contributed by atoms with Crippen LogP contribution in [-0.4, -0.2) is 5.10 Å². The number of aromatic nitrogens is 2. The standard InChI is InChI=1S/C31H30N2O2/c1-19-11-15-21(16-12-19)31(22-17-13-20(2)14-18-22)26(25-29(3,4)30(25,5)6)33-28(35-31)24-10-8-7-9-23(24)27(34)32-33/h7-18H,1-6H3/p+1. The number of H-pyrrole nitrogens is 1. The zero-order valence-electron chi connectivity index (χ0n) is 21.2. The summed E-state index contributed by atoms with van der Waals surface area (Å²) in [5, 5.41) is 4.61. The van der Waals surface area contributed by atoms with Gasteiger partial charge in [-0.25, -0.2) is 0 Å². The Hall–Kier alpha value is -3.66. The van der Waals surface area contributed by atoms with Crippen molar-refractivity contribution in [2.45, 2.75) is 47.1 Å². The molecule has 1 aliphatic carbocycles. The smallest absolute Gasteiger partial charge is 0.407 e. The van der Waals surface area contributed by atoms with Gasteiger partial charge in [-0.1, -0.05) is 99.5 Å². The fraction of sp³-hybridized carbons (Fsp3) is 0.290. The Balaban J connectivity index is 1.80.